The molecule has 0 radical (unpaired) electrons. The molecule has 0 atom stereocenters. The Hall–Kier alpha value is -1.47. The van der Waals surface area contributed by atoms with Gasteiger partial charge in [0.2, 0.25) is 0 Å². The Morgan fingerprint density at radius 1 is 0.944 bits per heavy atom. The second-order valence-electron chi connectivity index (χ2n) is 4.64. The number of hydrogen-bond acceptors (Lipinski definition) is 1. The highest BCUT2D eigenvalue weighted by atomic mass is 35.5. The zero-order chi connectivity index (χ0) is 13.0. The molecule has 1 nitrogen and oxygen atoms in total. The van der Waals surface area contributed by atoms with E-state index >= 15 is 0 Å². The van der Waals surface area contributed by atoms with Crippen LogP contribution in [0.3, 0.4) is 0 Å². The zero-order valence-electron chi connectivity index (χ0n) is 10.7. The summed E-state index contributed by atoms with van der Waals surface area (Å²) in [7, 11) is 0. The van der Waals surface area contributed by atoms with Crippen LogP contribution in [0.1, 0.15) is 30.9 Å². The summed E-state index contributed by atoms with van der Waals surface area (Å²) in [5.74, 6) is 1.45. The lowest BCUT2D eigenvalue weighted by Gasteiger charge is -2.09. The molecule has 2 aromatic rings. The molecule has 0 heterocycles. The number of halogens is 1. The maximum Gasteiger partial charge on any atom is 0.119 e. The van der Waals surface area contributed by atoms with Crippen molar-refractivity contribution in [1.82, 2.24) is 0 Å². The Kier molecular flexibility index (Phi) is 4.27. The van der Waals surface area contributed by atoms with E-state index in [-0.39, 0.29) is 0 Å². The van der Waals surface area contributed by atoms with Crippen LogP contribution in [0, 0.1) is 0 Å². The van der Waals surface area contributed by atoms with E-state index in [1.807, 2.05) is 36.4 Å². The van der Waals surface area contributed by atoms with E-state index in [1.54, 1.807) is 0 Å². The highest BCUT2D eigenvalue weighted by molar-refractivity contribution is 6.30. The predicted molar refractivity (Wildman–Crippen MR) is 76.3 cm³/mol. The first kappa shape index (κ1) is 13.0. The first-order valence-electron chi connectivity index (χ1n) is 6.12. The second-order valence-corrected chi connectivity index (χ2v) is 5.08. The monoisotopic (exact) mass is 260 g/mol. The summed E-state index contributed by atoms with van der Waals surface area (Å²) in [5.41, 5.74) is 2.45. The molecule has 0 N–H and O–H groups in total. The van der Waals surface area contributed by atoms with Gasteiger partial charge in [-0.1, -0.05) is 49.7 Å². The molecule has 94 valence electrons. The van der Waals surface area contributed by atoms with Gasteiger partial charge in [-0.3, -0.25) is 0 Å². The number of ether oxygens (including phenoxy) is 1. The second kappa shape index (κ2) is 5.92. The molecule has 0 saturated heterocycles. The molecule has 0 aliphatic heterocycles. The van der Waals surface area contributed by atoms with E-state index in [0.29, 0.717) is 12.5 Å². The van der Waals surface area contributed by atoms with E-state index in [4.69, 9.17) is 16.3 Å². The van der Waals surface area contributed by atoms with Crippen molar-refractivity contribution in [3.05, 3.63) is 64.7 Å². The van der Waals surface area contributed by atoms with Crippen LogP contribution in [-0.2, 0) is 6.61 Å². The van der Waals surface area contributed by atoms with Crippen molar-refractivity contribution < 1.29 is 4.74 Å². The van der Waals surface area contributed by atoms with Crippen LogP contribution < -0.4 is 4.74 Å². The van der Waals surface area contributed by atoms with Crippen LogP contribution in [0.2, 0.25) is 5.02 Å². The van der Waals surface area contributed by atoms with Crippen molar-refractivity contribution in [2.45, 2.75) is 26.4 Å². The summed E-state index contributed by atoms with van der Waals surface area (Å²) >= 11 is 5.84. The van der Waals surface area contributed by atoms with E-state index < -0.39 is 0 Å². The summed E-state index contributed by atoms with van der Waals surface area (Å²) in [6.07, 6.45) is 0. The van der Waals surface area contributed by atoms with E-state index in [2.05, 4.69) is 26.0 Å². The molecule has 0 bridgehead atoms. The van der Waals surface area contributed by atoms with E-state index in [9.17, 15) is 0 Å². The Balaban J connectivity index is 1.95. The minimum Gasteiger partial charge on any atom is -0.489 e. The van der Waals surface area contributed by atoms with Gasteiger partial charge in [0.25, 0.3) is 0 Å². The summed E-state index contributed by atoms with van der Waals surface area (Å²) < 4.78 is 5.72. The van der Waals surface area contributed by atoms with Gasteiger partial charge >= 0.3 is 0 Å². The first-order chi connectivity index (χ1) is 8.65. The number of hydrogen-bond donors (Lipinski definition) is 0. The molecule has 2 aromatic carbocycles. The molecular formula is C16H17ClO. The van der Waals surface area contributed by atoms with Crippen LogP contribution in [-0.4, -0.2) is 0 Å². The van der Waals surface area contributed by atoms with Gasteiger partial charge in [-0.25, -0.2) is 0 Å². The summed E-state index contributed by atoms with van der Waals surface area (Å²) in [4.78, 5) is 0. The highest BCUT2D eigenvalue weighted by Crippen LogP contribution is 2.19. The van der Waals surface area contributed by atoms with Crippen molar-refractivity contribution in [3.63, 3.8) is 0 Å². The molecule has 0 unspecified atom stereocenters. The summed E-state index contributed by atoms with van der Waals surface area (Å²) in [6, 6.07) is 16.0. The molecule has 18 heavy (non-hydrogen) atoms. The largest absolute Gasteiger partial charge is 0.489 e. The van der Waals surface area contributed by atoms with Gasteiger partial charge in [0.05, 0.1) is 0 Å². The first-order valence-corrected chi connectivity index (χ1v) is 6.50. The fourth-order valence-electron chi connectivity index (χ4n) is 1.70. The fraction of sp³-hybridized carbons (Fsp3) is 0.250. The lowest BCUT2D eigenvalue weighted by atomic mass is 10.0. The Morgan fingerprint density at radius 3 is 2.11 bits per heavy atom. The molecule has 0 fully saturated rings. The Morgan fingerprint density at radius 2 is 1.56 bits per heavy atom. The predicted octanol–water partition coefficient (Wildman–Crippen LogP) is 5.04. The minimum absolute atomic E-state index is 0.551. The average molecular weight is 261 g/mol. The smallest absolute Gasteiger partial charge is 0.119 e. The molecular weight excluding hydrogens is 244 g/mol. The van der Waals surface area contributed by atoms with Crippen molar-refractivity contribution in [1.29, 1.82) is 0 Å². The third-order valence-electron chi connectivity index (χ3n) is 2.87. The Bertz CT molecular complexity index is 486. The van der Waals surface area contributed by atoms with Crippen LogP contribution >= 0.6 is 11.6 Å². The molecule has 2 heteroatoms. The van der Waals surface area contributed by atoms with Gasteiger partial charge < -0.3 is 4.74 Å². The van der Waals surface area contributed by atoms with Crippen molar-refractivity contribution in [2.24, 2.45) is 0 Å². The molecule has 0 aliphatic rings. The van der Waals surface area contributed by atoms with Gasteiger partial charge in [0, 0.05) is 5.02 Å². The SMILES string of the molecule is CC(C)c1ccc(OCc2ccc(Cl)cc2)cc1. The van der Waals surface area contributed by atoms with Gasteiger partial charge in [0.15, 0.2) is 0 Å². The quantitative estimate of drug-likeness (QED) is 0.748. The van der Waals surface area contributed by atoms with E-state index in [1.165, 1.54) is 5.56 Å². The summed E-state index contributed by atoms with van der Waals surface area (Å²) in [6.45, 7) is 4.94. The fourth-order valence-corrected chi connectivity index (χ4v) is 1.82. The Labute approximate surface area is 113 Å². The van der Waals surface area contributed by atoms with Gasteiger partial charge in [-0.15, -0.1) is 0 Å². The molecule has 0 aromatic heterocycles. The van der Waals surface area contributed by atoms with Crippen molar-refractivity contribution in [3.8, 4) is 5.75 Å². The normalized spacial score (nSPS) is 10.7. The molecule has 0 saturated carbocycles. The minimum atomic E-state index is 0.551. The lowest BCUT2D eigenvalue weighted by molar-refractivity contribution is 0.306. The van der Waals surface area contributed by atoms with Crippen LogP contribution in [0.15, 0.2) is 48.5 Å². The van der Waals surface area contributed by atoms with Crippen LogP contribution in [0.25, 0.3) is 0 Å². The summed E-state index contributed by atoms with van der Waals surface area (Å²) in [5, 5.41) is 0.750. The van der Waals surface area contributed by atoms with Crippen molar-refractivity contribution >= 4 is 11.6 Å². The van der Waals surface area contributed by atoms with Gasteiger partial charge in [-0.05, 0) is 41.3 Å². The zero-order valence-corrected chi connectivity index (χ0v) is 11.4. The van der Waals surface area contributed by atoms with Gasteiger partial charge in [0.1, 0.15) is 12.4 Å². The lowest BCUT2D eigenvalue weighted by Crippen LogP contribution is -1.95. The topological polar surface area (TPSA) is 9.23 Å². The van der Waals surface area contributed by atoms with Crippen LogP contribution in [0.5, 0.6) is 5.75 Å². The molecule has 2 rings (SSSR count). The average Bonchev–Trinajstić information content (AvgIpc) is 2.38. The third-order valence-corrected chi connectivity index (χ3v) is 3.12. The molecule has 0 spiro atoms. The molecule has 0 amide bonds. The third kappa shape index (κ3) is 3.51. The maximum atomic E-state index is 5.84. The molecule has 0 aliphatic carbocycles. The van der Waals surface area contributed by atoms with E-state index in [0.717, 1.165) is 16.3 Å². The maximum absolute atomic E-state index is 5.84. The number of benzene rings is 2. The van der Waals surface area contributed by atoms with Crippen molar-refractivity contribution in [2.75, 3.05) is 0 Å². The number of rotatable bonds is 4. The standard InChI is InChI=1S/C16H17ClO/c1-12(2)14-5-9-16(10-6-14)18-11-13-3-7-15(17)8-4-13/h3-10,12H,11H2,1-2H3. The van der Waals surface area contributed by atoms with Crippen LogP contribution in [0.4, 0.5) is 0 Å². The van der Waals surface area contributed by atoms with Gasteiger partial charge in [-0.2, -0.15) is 0 Å². The highest BCUT2D eigenvalue weighted by Gasteiger charge is 2.00.